The molecule has 0 aliphatic carbocycles. The molecule has 0 amide bonds. The van der Waals surface area contributed by atoms with Gasteiger partial charge in [-0.15, -0.1) is 0 Å². The molecule has 0 atom stereocenters. The molecule has 0 aromatic rings. The molecular formula is C5H6BrN. The van der Waals surface area contributed by atoms with Gasteiger partial charge in [0.05, 0.1) is 6.54 Å². The minimum absolute atomic E-state index is 0.876. The van der Waals surface area contributed by atoms with Gasteiger partial charge in [-0.3, -0.25) is 4.99 Å². The van der Waals surface area contributed by atoms with Crippen LogP contribution in [0.3, 0.4) is 0 Å². The van der Waals surface area contributed by atoms with Crippen molar-refractivity contribution in [3.63, 3.8) is 0 Å². The van der Waals surface area contributed by atoms with Gasteiger partial charge < -0.3 is 0 Å². The van der Waals surface area contributed by atoms with Crippen molar-refractivity contribution >= 4 is 21.6 Å². The Morgan fingerprint density at radius 3 is 3.00 bits per heavy atom. The van der Waals surface area contributed by atoms with Gasteiger partial charge in [-0.05, 0) is 6.08 Å². The number of hydrogen-bond donors (Lipinski definition) is 0. The molecule has 7 heavy (non-hydrogen) atoms. The first kappa shape index (κ1) is 5.04. The van der Waals surface area contributed by atoms with E-state index in [1.54, 1.807) is 0 Å². The van der Waals surface area contributed by atoms with Crippen LogP contribution in [0.2, 0.25) is 0 Å². The van der Waals surface area contributed by atoms with Crippen molar-refractivity contribution in [2.24, 2.45) is 4.99 Å². The van der Waals surface area contributed by atoms with Gasteiger partial charge in [0.2, 0.25) is 0 Å². The maximum atomic E-state index is 4.11. The number of halogens is 1. The molecule has 0 bridgehead atoms. The number of hydrogen-bond acceptors (Lipinski definition) is 1. The second kappa shape index (κ2) is 2.26. The Kier molecular flexibility index (Phi) is 1.63. The lowest BCUT2D eigenvalue weighted by Crippen LogP contribution is -1.88. The van der Waals surface area contributed by atoms with Crippen molar-refractivity contribution in [1.82, 2.24) is 0 Å². The summed E-state index contributed by atoms with van der Waals surface area (Å²) in [5.41, 5.74) is 1.15. The quantitative estimate of drug-likeness (QED) is 0.514. The molecule has 0 saturated carbocycles. The average Bonchev–Trinajstić information content (AvgIpc) is 2.14. The fourth-order valence-electron chi connectivity index (χ4n) is 0.498. The average molecular weight is 160 g/mol. The van der Waals surface area contributed by atoms with E-state index in [0.717, 1.165) is 17.6 Å². The van der Waals surface area contributed by atoms with Gasteiger partial charge in [-0.1, -0.05) is 22.0 Å². The van der Waals surface area contributed by atoms with Gasteiger partial charge in [0.25, 0.3) is 0 Å². The van der Waals surface area contributed by atoms with Crippen molar-refractivity contribution < 1.29 is 0 Å². The van der Waals surface area contributed by atoms with E-state index in [1.807, 2.05) is 6.08 Å². The number of rotatable bonds is 1. The molecule has 0 fully saturated rings. The van der Waals surface area contributed by atoms with Crippen molar-refractivity contribution in [2.45, 2.75) is 0 Å². The topological polar surface area (TPSA) is 12.4 Å². The Balaban J connectivity index is 2.52. The SMILES string of the molecule is BrCC1=NCC=C1. The summed E-state index contributed by atoms with van der Waals surface area (Å²) in [5, 5.41) is 0.892. The van der Waals surface area contributed by atoms with Crippen LogP contribution in [0.1, 0.15) is 0 Å². The van der Waals surface area contributed by atoms with E-state index in [1.165, 1.54) is 0 Å². The lowest BCUT2D eigenvalue weighted by atomic mass is 10.4. The Morgan fingerprint density at radius 2 is 2.71 bits per heavy atom. The smallest absolute Gasteiger partial charge is 0.0577 e. The summed E-state index contributed by atoms with van der Waals surface area (Å²) in [5.74, 6) is 0. The van der Waals surface area contributed by atoms with Crippen LogP contribution in [0.15, 0.2) is 17.1 Å². The van der Waals surface area contributed by atoms with Crippen LogP contribution >= 0.6 is 15.9 Å². The summed E-state index contributed by atoms with van der Waals surface area (Å²) in [6.45, 7) is 0.876. The molecule has 0 aromatic carbocycles. The lowest BCUT2D eigenvalue weighted by Gasteiger charge is -1.81. The monoisotopic (exact) mass is 159 g/mol. The first-order chi connectivity index (χ1) is 3.43. The first-order valence-corrected chi connectivity index (χ1v) is 3.31. The molecule has 0 saturated heterocycles. The number of aliphatic imine (C=N–C) groups is 1. The zero-order valence-corrected chi connectivity index (χ0v) is 5.48. The second-order valence-electron chi connectivity index (χ2n) is 1.37. The third-order valence-corrected chi connectivity index (χ3v) is 1.42. The van der Waals surface area contributed by atoms with Crippen LogP contribution in [-0.2, 0) is 0 Å². The van der Waals surface area contributed by atoms with Gasteiger partial charge in [-0.2, -0.15) is 0 Å². The molecule has 0 unspecified atom stereocenters. The molecule has 1 aliphatic rings. The fraction of sp³-hybridized carbons (Fsp3) is 0.400. The van der Waals surface area contributed by atoms with Crippen LogP contribution in [0, 0.1) is 0 Å². The summed E-state index contributed by atoms with van der Waals surface area (Å²) in [6, 6.07) is 0. The maximum Gasteiger partial charge on any atom is 0.0577 e. The molecule has 0 spiro atoms. The third kappa shape index (κ3) is 1.13. The van der Waals surface area contributed by atoms with E-state index >= 15 is 0 Å². The highest BCUT2D eigenvalue weighted by atomic mass is 79.9. The van der Waals surface area contributed by atoms with E-state index in [9.17, 15) is 0 Å². The summed E-state index contributed by atoms with van der Waals surface area (Å²) >= 11 is 3.29. The zero-order chi connectivity index (χ0) is 5.11. The van der Waals surface area contributed by atoms with Crippen LogP contribution < -0.4 is 0 Å². The Morgan fingerprint density at radius 1 is 1.86 bits per heavy atom. The fourth-order valence-corrected chi connectivity index (χ4v) is 0.862. The Labute approximate surface area is 51.3 Å². The normalized spacial score (nSPS) is 17.6. The van der Waals surface area contributed by atoms with E-state index in [2.05, 4.69) is 27.0 Å². The second-order valence-corrected chi connectivity index (χ2v) is 1.93. The molecule has 1 aliphatic heterocycles. The number of nitrogens with zero attached hydrogens (tertiary/aromatic N) is 1. The van der Waals surface area contributed by atoms with Gasteiger partial charge >= 0.3 is 0 Å². The predicted molar refractivity (Wildman–Crippen MR) is 35.2 cm³/mol. The van der Waals surface area contributed by atoms with E-state index in [4.69, 9.17) is 0 Å². The Hall–Kier alpha value is -0.110. The largest absolute Gasteiger partial charge is 0.285 e. The minimum atomic E-state index is 0.876. The molecule has 1 heterocycles. The summed E-state index contributed by atoms with van der Waals surface area (Å²) in [7, 11) is 0. The predicted octanol–water partition coefficient (Wildman–Crippen LogP) is 1.39. The lowest BCUT2D eigenvalue weighted by molar-refractivity contribution is 1.28. The Bertz CT molecular complexity index is 115. The first-order valence-electron chi connectivity index (χ1n) is 2.19. The van der Waals surface area contributed by atoms with E-state index in [-0.39, 0.29) is 0 Å². The molecule has 1 nitrogen and oxygen atoms in total. The maximum absolute atomic E-state index is 4.11. The van der Waals surface area contributed by atoms with Gasteiger partial charge in [-0.25, -0.2) is 0 Å². The van der Waals surface area contributed by atoms with Gasteiger partial charge in [0.1, 0.15) is 0 Å². The van der Waals surface area contributed by atoms with Crippen LogP contribution in [0.5, 0.6) is 0 Å². The van der Waals surface area contributed by atoms with Crippen LogP contribution in [0.4, 0.5) is 0 Å². The molecule has 2 heteroatoms. The van der Waals surface area contributed by atoms with Gasteiger partial charge in [0, 0.05) is 11.0 Å². The highest BCUT2D eigenvalue weighted by Crippen LogP contribution is 1.95. The summed E-state index contributed by atoms with van der Waals surface area (Å²) in [4.78, 5) is 4.11. The van der Waals surface area contributed by atoms with Crippen molar-refractivity contribution in [3.8, 4) is 0 Å². The summed E-state index contributed by atoms with van der Waals surface area (Å²) in [6.07, 6.45) is 4.09. The van der Waals surface area contributed by atoms with Crippen LogP contribution in [-0.4, -0.2) is 17.6 Å². The number of allylic oxidation sites excluding steroid dienone is 1. The minimum Gasteiger partial charge on any atom is -0.285 e. The standard InChI is InChI=1S/C5H6BrN/c6-4-5-2-1-3-7-5/h1-2H,3-4H2. The number of alkyl halides is 1. The summed E-state index contributed by atoms with van der Waals surface area (Å²) < 4.78 is 0. The molecule has 38 valence electrons. The molecule has 0 aromatic heterocycles. The van der Waals surface area contributed by atoms with Crippen molar-refractivity contribution in [2.75, 3.05) is 11.9 Å². The highest BCUT2D eigenvalue weighted by Gasteiger charge is 1.92. The van der Waals surface area contributed by atoms with Crippen molar-refractivity contribution in [1.29, 1.82) is 0 Å². The molecule has 1 rings (SSSR count). The van der Waals surface area contributed by atoms with E-state index < -0.39 is 0 Å². The van der Waals surface area contributed by atoms with Gasteiger partial charge in [0.15, 0.2) is 0 Å². The third-order valence-electron chi connectivity index (χ3n) is 0.847. The highest BCUT2D eigenvalue weighted by molar-refractivity contribution is 9.09. The van der Waals surface area contributed by atoms with E-state index in [0.29, 0.717) is 0 Å². The van der Waals surface area contributed by atoms with Crippen LogP contribution in [0.25, 0.3) is 0 Å². The van der Waals surface area contributed by atoms with Crippen molar-refractivity contribution in [3.05, 3.63) is 12.2 Å². The molecular weight excluding hydrogens is 154 g/mol. The molecule has 0 radical (unpaired) electrons. The zero-order valence-electron chi connectivity index (χ0n) is 3.89. The molecule has 0 N–H and O–H groups in total.